The third kappa shape index (κ3) is 4.91. The lowest BCUT2D eigenvalue weighted by Crippen LogP contribution is -2.45. The summed E-state index contributed by atoms with van der Waals surface area (Å²) in [4.78, 5) is 4.84. The van der Waals surface area contributed by atoms with Gasteiger partial charge in [-0.05, 0) is 14.1 Å². The molecule has 1 aliphatic rings. The fourth-order valence-electron chi connectivity index (χ4n) is 1.54. The Hall–Kier alpha value is -0.160. The number of rotatable bonds is 6. The summed E-state index contributed by atoms with van der Waals surface area (Å²) in [7, 11) is 4.13. The van der Waals surface area contributed by atoms with Crippen molar-refractivity contribution in [1.82, 2.24) is 15.1 Å². The number of piperazine rings is 1. The third-order valence-electron chi connectivity index (χ3n) is 2.64. The molecule has 0 aromatic carbocycles. The van der Waals surface area contributed by atoms with E-state index in [1.54, 1.807) is 0 Å². The standard InChI is InChI=1S/C10H23N3O/c1-11-3-9-14-10-8-13-6-4-12(2)5-7-13/h11H,3-10H2,1-2H3. The fraction of sp³-hybridized carbons (Fsp3) is 1.00. The van der Waals surface area contributed by atoms with E-state index in [4.69, 9.17) is 4.74 Å². The van der Waals surface area contributed by atoms with Crippen molar-refractivity contribution in [3.8, 4) is 0 Å². The Morgan fingerprint density at radius 2 is 1.86 bits per heavy atom. The van der Waals surface area contributed by atoms with Crippen LogP contribution in [0.4, 0.5) is 0 Å². The van der Waals surface area contributed by atoms with Crippen LogP contribution in [0.1, 0.15) is 0 Å². The van der Waals surface area contributed by atoms with Gasteiger partial charge in [0.1, 0.15) is 0 Å². The summed E-state index contributed by atoms with van der Waals surface area (Å²) in [6.45, 7) is 8.47. The summed E-state index contributed by atoms with van der Waals surface area (Å²) in [6.07, 6.45) is 0. The molecular formula is C10H23N3O. The highest BCUT2D eigenvalue weighted by Gasteiger charge is 2.12. The summed E-state index contributed by atoms with van der Waals surface area (Å²) in [5.41, 5.74) is 0. The second kappa shape index (κ2) is 7.17. The van der Waals surface area contributed by atoms with E-state index in [0.29, 0.717) is 0 Å². The Bertz CT molecular complexity index is 135. The Morgan fingerprint density at radius 3 is 2.50 bits per heavy atom. The number of hydrogen-bond donors (Lipinski definition) is 1. The molecule has 1 heterocycles. The molecule has 0 amide bonds. The molecule has 4 nitrogen and oxygen atoms in total. The first-order valence-corrected chi connectivity index (χ1v) is 5.46. The molecule has 0 atom stereocenters. The maximum Gasteiger partial charge on any atom is 0.0594 e. The van der Waals surface area contributed by atoms with E-state index >= 15 is 0 Å². The van der Waals surface area contributed by atoms with Gasteiger partial charge in [-0.1, -0.05) is 0 Å². The largest absolute Gasteiger partial charge is 0.379 e. The number of nitrogens with zero attached hydrogens (tertiary/aromatic N) is 2. The van der Waals surface area contributed by atoms with E-state index in [-0.39, 0.29) is 0 Å². The van der Waals surface area contributed by atoms with Gasteiger partial charge in [-0.3, -0.25) is 4.90 Å². The maximum absolute atomic E-state index is 5.49. The fourth-order valence-corrected chi connectivity index (χ4v) is 1.54. The van der Waals surface area contributed by atoms with Crippen LogP contribution in [0.2, 0.25) is 0 Å². The van der Waals surface area contributed by atoms with E-state index in [1.165, 1.54) is 26.2 Å². The summed E-state index contributed by atoms with van der Waals surface area (Å²) in [5, 5.41) is 3.07. The molecule has 0 aromatic rings. The van der Waals surface area contributed by atoms with Crippen molar-refractivity contribution in [3.05, 3.63) is 0 Å². The average Bonchev–Trinajstić information content (AvgIpc) is 2.21. The Morgan fingerprint density at radius 1 is 1.14 bits per heavy atom. The highest BCUT2D eigenvalue weighted by Crippen LogP contribution is 1.97. The first-order valence-electron chi connectivity index (χ1n) is 5.46. The van der Waals surface area contributed by atoms with E-state index in [0.717, 1.165) is 26.3 Å². The highest BCUT2D eigenvalue weighted by molar-refractivity contribution is 4.68. The van der Waals surface area contributed by atoms with Crippen molar-refractivity contribution >= 4 is 0 Å². The molecule has 84 valence electrons. The Balaban J connectivity index is 1.91. The van der Waals surface area contributed by atoms with Crippen molar-refractivity contribution in [3.63, 3.8) is 0 Å². The lowest BCUT2D eigenvalue weighted by molar-refractivity contribution is 0.0836. The molecule has 1 saturated heterocycles. The Kier molecular flexibility index (Phi) is 6.10. The van der Waals surface area contributed by atoms with Gasteiger partial charge in [0.05, 0.1) is 13.2 Å². The first kappa shape index (κ1) is 11.9. The molecule has 0 radical (unpaired) electrons. The van der Waals surface area contributed by atoms with E-state index in [2.05, 4.69) is 22.2 Å². The SMILES string of the molecule is CNCCOCCN1CCN(C)CC1. The minimum Gasteiger partial charge on any atom is -0.379 e. The monoisotopic (exact) mass is 201 g/mol. The number of hydrogen-bond acceptors (Lipinski definition) is 4. The van der Waals surface area contributed by atoms with E-state index < -0.39 is 0 Å². The molecule has 1 aliphatic heterocycles. The predicted octanol–water partition coefficient (Wildman–Crippen LogP) is -0.530. The summed E-state index contributed by atoms with van der Waals surface area (Å²) < 4.78 is 5.49. The minimum absolute atomic E-state index is 0.824. The molecule has 1 rings (SSSR count). The number of ether oxygens (including phenoxy) is 1. The van der Waals surface area contributed by atoms with Crippen LogP contribution < -0.4 is 5.32 Å². The van der Waals surface area contributed by atoms with Gasteiger partial charge in [0.25, 0.3) is 0 Å². The first-order chi connectivity index (χ1) is 6.83. The van der Waals surface area contributed by atoms with Crippen molar-refractivity contribution in [1.29, 1.82) is 0 Å². The predicted molar refractivity (Wildman–Crippen MR) is 58.7 cm³/mol. The van der Waals surface area contributed by atoms with Crippen molar-refractivity contribution < 1.29 is 4.74 Å². The van der Waals surface area contributed by atoms with Crippen LogP contribution in [0, 0.1) is 0 Å². The number of nitrogens with one attached hydrogen (secondary N) is 1. The van der Waals surface area contributed by atoms with Crippen molar-refractivity contribution in [2.45, 2.75) is 0 Å². The highest BCUT2D eigenvalue weighted by atomic mass is 16.5. The molecule has 1 fully saturated rings. The van der Waals surface area contributed by atoms with Crippen molar-refractivity contribution in [2.24, 2.45) is 0 Å². The van der Waals surface area contributed by atoms with Gasteiger partial charge in [-0.25, -0.2) is 0 Å². The van der Waals surface area contributed by atoms with Crippen LogP contribution >= 0.6 is 0 Å². The second-order valence-corrected chi connectivity index (χ2v) is 3.86. The lowest BCUT2D eigenvalue weighted by atomic mass is 10.3. The molecule has 0 aromatic heterocycles. The topological polar surface area (TPSA) is 27.7 Å². The third-order valence-corrected chi connectivity index (χ3v) is 2.64. The quantitative estimate of drug-likeness (QED) is 0.585. The van der Waals surface area contributed by atoms with Gasteiger partial charge in [0.15, 0.2) is 0 Å². The van der Waals surface area contributed by atoms with E-state index in [9.17, 15) is 0 Å². The minimum atomic E-state index is 0.824. The van der Waals surface area contributed by atoms with Crippen LogP contribution in [0.25, 0.3) is 0 Å². The van der Waals surface area contributed by atoms with Crippen LogP contribution in [0.15, 0.2) is 0 Å². The van der Waals surface area contributed by atoms with Crippen molar-refractivity contribution in [2.75, 3.05) is 66.6 Å². The zero-order valence-electron chi connectivity index (χ0n) is 9.46. The maximum atomic E-state index is 5.49. The van der Waals surface area contributed by atoms with Gasteiger partial charge in [0, 0.05) is 39.3 Å². The van der Waals surface area contributed by atoms with Crippen LogP contribution in [0.5, 0.6) is 0 Å². The van der Waals surface area contributed by atoms with Gasteiger partial charge in [-0.2, -0.15) is 0 Å². The zero-order chi connectivity index (χ0) is 10.2. The summed E-state index contributed by atoms with van der Waals surface area (Å²) in [6, 6.07) is 0. The summed E-state index contributed by atoms with van der Waals surface area (Å²) >= 11 is 0. The molecule has 14 heavy (non-hydrogen) atoms. The zero-order valence-corrected chi connectivity index (χ0v) is 9.46. The Labute approximate surface area is 87.2 Å². The van der Waals surface area contributed by atoms with E-state index in [1.807, 2.05) is 7.05 Å². The average molecular weight is 201 g/mol. The lowest BCUT2D eigenvalue weighted by Gasteiger charge is -2.32. The van der Waals surface area contributed by atoms with Gasteiger partial charge >= 0.3 is 0 Å². The number of likely N-dealkylation sites (N-methyl/N-ethyl adjacent to an activating group) is 2. The van der Waals surface area contributed by atoms with Crippen LogP contribution in [-0.2, 0) is 4.74 Å². The smallest absolute Gasteiger partial charge is 0.0594 e. The van der Waals surface area contributed by atoms with Gasteiger partial charge < -0.3 is 15.0 Å². The molecule has 0 bridgehead atoms. The van der Waals surface area contributed by atoms with Crippen LogP contribution in [0.3, 0.4) is 0 Å². The normalized spacial score (nSPS) is 20.1. The molecule has 0 spiro atoms. The molecule has 4 heteroatoms. The molecule has 1 N–H and O–H groups in total. The molecular weight excluding hydrogens is 178 g/mol. The summed E-state index contributed by atoms with van der Waals surface area (Å²) in [5.74, 6) is 0. The van der Waals surface area contributed by atoms with Gasteiger partial charge in [-0.15, -0.1) is 0 Å². The molecule has 0 aliphatic carbocycles. The van der Waals surface area contributed by atoms with Crippen LogP contribution in [-0.4, -0.2) is 76.4 Å². The molecule has 0 unspecified atom stereocenters. The molecule has 0 saturated carbocycles. The second-order valence-electron chi connectivity index (χ2n) is 3.86. The van der Waals surface area contributed by atoms with Gasteiger partial charge in [0.2, 0.25) is 0 Å².